The number of para-hydroxylation sites is 2. The molecule has 0 aromatic heterocycles. The highest BCUT2D eigenvalue weighted by Gasteiger charge is 2.24. The van der Waals surface area contributed by atoms with Crippen molar-refractivity contribution < 1.29 is 9.84 Å². The molecule has 1 saturated heterocycles. The zero-order valence-electron chi connectivity index (χ0n) is 13.5. The third kappa shape index (κ3) is 3.96. The van der Waals surface area contributed by atoms with Crippen LogP contribution < -0.4 is 15.0 Å². The number of phenolic OH excluding ortho intramolecular Hbond substituents is 1. The van der Waals surface area contributed by atoms with Crippen molar-refractivity contribution in [1.29, 1.82) is 0 Å². The van der Waals surface area contributed by atoms with Crippen molar-refractivity contribution in [3.8, 4) is 11.5 Å². The summed E-state index contributed by atoms with van der Waals surface area (Å²) in [6.07, 6.45) is 1.19. The summed E-state index contributed by atoms with van der Waals surface area (Å²) in [6, 6.07) is 15.6. The summed E-state index contributed by atoms with van der Waals surface area (Å²) < 4.78 is 5.46. The first-order valence-corrected chi connectivity index (χ1v) is 8.13. The zero-order valence-corrected chi connectivity index (χ0v) is 13.5. The first-order valence-electron chi connectivity index (χ1n) is 8.13. The maximum Gasteiger partial charge on any atom is 0.142 e. The second-order valence-electron chi connectivity index (χ2n) is 6.07. The van der Waals surface area contributed by atoms with Gasteiger partial charge in [0.25, 0.3) is 0 Å². The lowest BCUT2D eigenvalue weighted by Crippen LogP contribution is -2.26. The molecule has 0 spiro atoms. The molecule has 0 unspecified atom stereocenters. The van der Waals surface area contributed by atoms with Crippen LogP contribution in [0.4, 0.5) is 5.69 Å². The number of nitrogens with zero attached hydrogens (tertiary/aromatic N) is 1. The van der Waals surface area contributed by atoms with Gasteiger partial charge in [-0.05, 0) is 42.2 Å². The summed E-state index contributed by atoms with van der Waals surface area (Å²) in [5.74, 6) is 1.91. The Bertz CT molecular complexity index is 645. The third-order valence-corrected chi connectivity index (χ3v) is 4.38. The molecule has 4 nitrogen and oxygen atoms in total. The number of hydrogen-bond acceptors (Lipinski definition) is 4. The van der Waals surface area contributed by atoms with Gasteiger partial charge < -0.3 is 20.1 Å². The van der Waals surface area contributed by atoms with E-state index in [-0.39, 0.29) is 0 Å². The van der Waals surface area contributed by atoms with E-state index in [1.54, 1.807) is 13.2 Å². The summed E-state index contributed by atoms with van der Waals surface area (Å²) in [6.45, 7) is 3.90. The maximum atomic E-state index is 9.49. The number of aromatic hydroxyl groups is 1. The predicted octanol–water partition coefficient (Wildman–Crippen LogP) is 3.02. The van der Waals surface area contributed by atoms with Crippen LogP contribution in [0, 0.1) is 5.92 Å². The molecule has 4 heteroatoms. The fourth-order valence-corrected chi connectivity index (χ4v) is 3.20. The molecule has 23 heavy (non-hydrogen) atoms. The van der Waals surface area contributed by atoms with Gasteiger partial charge in [-0.15, -0.1) is 0 Å². The number of anilines is 1. The van der Waals surface area contributed by atoms with Crippen molar-refractivity contribution >= 4 is 5.69 Å². The largest absolute Gasteiger partial charge is 0.508 e. The van der Waals surface area contributed by atoms with Gasteiger partial charge in [0.05, 0.1) is 12.8 Å². The molecule has 2 aromatic rings. The summed E-state index contributed by atoms with van der Waals surface area (Å²) in [4.78, 5) is 2.40. The molecule has 1 heterocycles. The number of phenols is 1. The molecule has 1 atom stereocenters. The van der Waals surface area contributed by atoms with E-state index < -0.39 is 0 Å². The molecule has 2 aromatic carbocycles. The highest BCUT2D eigenvalue weighted by molar-refractivity contribution is 5.59. The summed E-state index contributed by atoms with van der Waals surface area (Å²) in [5.41, 5.74) is 2.30. The molecule has 0 bridgehead atoms. The minimum atomic E-state index is 0.326. The van der Waals surface area contributed by atoms with E-state index >= 15 is 0 Å². The van der Waals surface area contributed by atoms with Gasteiger partial charge in [0, 0.05) is 26.2 Å². The third-order valence-electron chi connectivity index (χ3n) is 4.38. The van der Waals surface area contributed by atoms with Crippen LogP contribution in [0.2, 0.25) is 0 Å². The number of ether oxygens (including phenoxy) is 1. The number of nitrogens with one attached hydrogen (secondary N) is 1. The fraction of sp³-hybridized carbons (Fsp3) is 0.368. The first-order chi connectivity index (χ1) is 11.3. The average Bonchev–Trinajstić information content (AvgIpc) is 3.03. The predicted molar refractivity (Wildman–Crippen MR) is 93.1 cm³/mol. The minimum Gasteiger partial charge on any atom is -0.508 e. The van der Waals surface area contributed by atoms with E-state index in [1.807, 2.05) is 30.3 Å². The number of methoxy groups -OCH3 is 1. The molecule has 0 aliphatic carbocycles. The van der Waals surface area contributed by atoms with E-state index in [0.29, 0.717) is 11.7 Å². The topological polar surface area (TPSA) is 44.7 Å². The number of hydrogen-bond donors (Lipinski definition) is 2. The van der Waals surface area contributed by atoms with Gasteiger partial charge in [0.15, 0.2) is 0 Å². The Labute approximate surface area is 137 Å². The first kappa shape index (κ1) is 15.7. The Kier molecular flexibility index (Phi) is 5.03. The average molecular weight is 312 g/mol. The molecule has 3 rings (SSSR count). The second kappa shape index (κ2) is 7.38. The maximum absolute atomic E-state index is 9.49. The SMILES string of the molecule is COc1ccccc1N1CC[C@H](CNCc2cccc(O)c2)C1. The molecular formula is C19H24N2O2. The van der Waals surface area contributed by atoms with E-state index in [4.69, 9.17) is 4.74 Å². The lowest BCUT2D eigenvalue weighted by molar-refractivity contribution is 0.414. The Morgan fingerprint density at radius 1 is 1.22 bits per heavy atom. The molecule has 1 aliphatic rings. The Hall–Kier alpha value is -2.20. The number of rotatable bonds is 6. The highest BCUT2D eigenvalue weighted by Crippen LogP contribution is 2.31. The summed E-state index contributed by atoms with van der Waals surface area (Å²) in [5, 5.41) is 13.0. The highest BCUT2D eigenvalue weighted by atomic mass is 16.5. The van der Waals surface area contributed by atoms with Crippen LogP contribution in [-0.2, 0) is 6.54 Å². The Morgan fingerprint density at radius 3 is 2.91 bits per heavy atom. The molecular weight excluding hydrogens is 288 g/mol. The van der Waals surface area contributed by atoms with Gasteiger partial charge in [-0.25, -0.2) is 0 Å². The van der Waals surface area contributed by atoms with Crippen molar-refractivity contribution in [3.63, 3.8) is 0 Å². The molecule has 0 saturated carbocycles. The lowest BCUT2D eigenvalue weighted by atomic mass is 10.1. The Balaban J connectivity index is 1.50. The zero-order chi connectivity index (χ0) is 16.1. The second-order valence-corrected chi connectivity index (χ2v) is 6.07. The van der Waals surface area contributed by atoms with Crippen LogP contribution in [-0.4, -0.2) is 31.9 Å². The molecule has 1 fully saturated rings. The molecule has 0 amide bonds. The monoisotopic (exact) mass is 312 g/mol. The minimum absolute atomic E-state index is 0.326. The molecule has 1 aliphatic heterocycles. The van der Waals surface area contributed by atoms with Crippen molar-refractivity contribution in [2.45, 2.75) is 13.0 Å². The van der Waals surface area contributed by atoms with Crippen LogP contribution in [0.15, 0.2) is 48.5 Å². The number of benzene rings is 2. The standard InChI is InChI=1S/C19H24N2O2/c1-23-19-8-3-2-7-18(19)21-10-9-16(14-21)13-20-12-15-5-4-6-17(22)11-15/h2-8,11,16,20,22H,9-10,12-14H2,1H3/t16-/m1/s1. The van der Waals surface area contributed by atoms with Crippen LogP contribution in [0.1, 0.15) is 12.0 Å². The van der Waals surface area contributed by atoms with Crippen molar-refractivity contribution in [2.75, 3.05) is 31.6 Å². The van der Waals surface area contributed by atoms with E-state index in [9.17, 15) is 5.11 Å². The van der Waals surface area contributed by atoms with Gasteiger partial charge >= 0.3 is 0 Å². The van der Waals surface area contributed by atoms with Crippen LogP contribution in [0.5, 0.6) is 11.5 Å². The van der Waals surface area contributed by atoms with E-state index in [2.05, 4.69) is 22.3 Å². The van der Waals surface area contributed by atoms with Gasteiger partial charge in [0.2, 0.25) is 0 Å². The van der Waals surface area contributed by atoms with E-state index in [0.717, 1.165) is 37.5 Å². The molecule has 2 N–H and O–H groups in total. The summed E-state index contributed by atoms with van der Waals surface area (Å²) >= 11 is 0. The van der Waals surface area contributed by atoms with Crippen molar-refractivity contribution in [2.24, 2.45) is 5.92 Å². The Morgan fingerprint density at radius 2 is 2.09 bits per heavy atom. The van der Waals surface area contributed by atoms with Crippen molar-refractivity contribution in [3.05, 3.63) is 54.1 Å². The summed E-state index contributed by atoms with van der Waals surface area (Å²) in [7, 11) is 1.73. The van der Waals surface area contributed by atoms with Gasteiger partial charge in [-0.3, -0.25) is 0 Å². The van der Waals surface area contributed by atoms with Gasteiger partial charge in [-0.1, -0.05) is 24.3 Å². The van der Waals surface area contributed by atoms with Gasteiger partial charge in [-0.2, -0.15) is 0 Å². The van der Waals surface area contributed by atoms with Crippen molar-refractivity contribution in [1.82, 2.24) is 5.32 Å². The smallest absolute Gasteiger partial charge is 0.142 e. The van der Waals surface area contributed by atoms with Gasteiger partial charge in [0.1, 0.15) is 11.5 Å². The van der Waals surface area contributed by atoms with Crippen LogP contribution in [0.3, 0.4) is 0 Å². The van der Waals surface area contributed by atoms with Crippen LogP contribution in [0.25, 0.3) is 0 Å². The molecule has 0 radical (unpaired) electrons. The van der Waals surface area contributed by atoms with E-state index in [1.165, 1.54) is 12.1 Å². The van der Waals surface area contributed by atoms with Crippen LogP contribution >= 0.6 is 0 Å². The molecule has 122 valence electrons. The quantitative estimate of drug-likeness (QED) is 0.860. The normalized spacial score (nSPS) is 17.4. The lowest BCUT2D eigenvalue weighted by Gasteiger charge is -2.21. The fourth-order valence-electron chi connectivity index (χ4n) is 3.20.